The van der Waals surface area contributed by atoms with Crippen molar-refractivity contribution in [1.82, 2.24) is 14.9 Å². The van der Waals surface area contributed by atoms with Crippen molar-refractivity contribution >= 4 is 21.4 Å². The van der Waals surface area contributed by atoms with Crippen molar-refractivity contribution in [2.45, 2.75) is 17.1 Å². The average molecular weight is 349 g/mol. The predicted octanol–water partition coefficient (Wildman–Crippen LogP) is 2.71. The molecule has 0 saturated heterocycles. The van der Waals surface area contributed by atoms with Gasteiger partial charge >= 0.3 is 0 Å². The van der Waals surface area contributed by atoms with E-state index in [0.29, 0.717) is 35.3 Å². The van der Waals surface area contributed by atoms with Gasteiger partial charge in [-0.1, -0.05) is 41.6 Å². The number of nitrogens with one attached hydrogen (secondary N) is 1. The van der Waals surface area contributed by atoms with E-state index in [9.17, 15) is 8.42 Å². The first-order valence-corrected chi connectivity index (χ1v) is 9.42. The zero-order valence-corrected chi connectivity index (χ0v) is 13.8. The molecule has 0 aliphatic heterocycles. The van der Waals surface area contributed by atoms with Crippen molar-refractivity contribution in [1.29, 1.82) is 0 Å². The van der Waals surface area contributed by atoms with Gasteiger partial charge in [-0.15, -0.1) is 11.3 Å². The molecule has 0 spiro atoms. The number of nitrogens with zero attached hydrogens (tertiary/aromatic N) is 2. The van der Waals surface area contributed by atoms with E-state index in [4.69, 9.17) is 4.52 Å². The van der Waals surface area contributed by atoms with E-state index in [-0.39, 0.29) is 0 Å². The second-order valence-electron chi connectivity index (χ2n) is 4.81. The molecule has 0 saturated carbocycles. The van der Waals surface area contributed by atoms with Gasteiger partial charge in [-0.3, -0.25) is 0 Å². The first-order valence-electron chi connectivity index (χ1n) is 7.06. The minimum absolute atomic E-state index is 0.321. The molecule has 23 heavy (non-hydrogen) atoms. The lowest BCUT2D eigenvalue weighted by molar-refractivity contribution is 0.376. The molecule has 120 valence electrons. The monoisotopic (exact) mass is 349 g/mol. The third kappa shape index (κ3) is 4.04. The van der Waals surface area contributed by atoms with Crippen molar-refractivity contribution in [3.8, 4) is 11.4 Å². The fourth-order valence-corrected chi connectivity index (χ4v) is 4.11. The van der Waals surface area contributed by atoms with Crippen LogP contribution in [0.15, 0.2) is 56.6 Å². The highest BCUT2D eigenvalue weighted by Crippen LogP contribution is 2.16. The Hall–Kier alpha value is -2.03. The van der Waals surface area contributed by atoms with Gasteiger partial charge in [0.25, 0.3) is 0 Å². The Morgan fingerprint density at radius 2 is 1.96 bits per heavy atom. The number of rotatable bonds is 7. The number of aryl methyl sites for hydroxylation is 1. The summed E-state index contributed by atoms with van der Waals surface area (Å²) in [6.07, 6.45) is 1.10. The van der Waals surface area contributed by atoms with Gasteiger partial charge in [0, 0.05) is 18.5 Å². The quantitative estimate of drug-likeness (QED) is 0.663. The van der Waals surface area contributed by atoms with Gasteiger partial charge in [-0.05, 0) is 17.9 Å². The number of thiophene rings is 1. The number of aromatic nitrogens is 2. The molecular formula is C15H15N3O3S2. The molecule has 0 unspecified atom stereocenters. The second kappa shape index (κ2) is 7.03. The summed E-state index contributed by atoms with van der Waals surface area (Å²) in [5.41, 5.74) is 0.890. The van der Waals surface area contributed by atoms with Gasteiger partial charge in [-0.2, -0.15) is 4.98 Å². The second-order valence-corrected chi connectivity index (χ2v) is 7.75. The predicted molar refractivity (Wildman–Crippen MR) is 87.6 cm³/mol. The summed E-state index contributed by atoms with van der Waals surface area (Å²) in [5, 5.41) is 5.67. The molecule has 6 nitrogen and oxygen atoms in total. The van der Waals surface area contributed by atoms with Crippen molar-refractivity contribution in [2.75, 3.05) is 6.54 Å². The van der Waals surface area contributed by atoms with Crippen LogP contribution in [-0.2, 0) is 16.4 Å². The fourth-order valence-electron chi connectivity index (χ4n) is 1.99. The van der Waals surface area contributed by atoms with Crippen LogP contribution in [0.2, 0.25) is 0 Å². The minimum atomic E-state index is -3.41. The van der Waals surface area contributed by atoms with E-state index in [1.54, 1.807) is 17.5 Å². The van der Waals surface area contributed by atoms with Gasteiger partial charge in [0.15, 0.2) is 0 Å². The van der Waals surface area contributed by atoms with E-state index in [0.717, 1.165) is 5.56 Å². The van der Waals surface area contributed by atoms with Crippen LogP contribution in [0, 0.1) is 0 Å². The third-order valence-corrected chi connectivity index (χ3v) is 5.98. The summed E-state index contributed by atoms with van der Waals surface area (Å²) in [6, 6.07) is 12.8. The Kier molecular flexibility index (Phi) is 4.85. The van der Waals surface area contributed by atoms with Crippen LogP contribution in [0.3, 0.4) is 0 Å². The van der Waals surface area contributed by atoms with Gasteiger partial charge in [0.05, 0.1) is 0 Å². The van der Waals surface area contributed by atoms with Crippen LogP contribution in [0.1, 0.15) is 12.3 Å². The molecule has 0 atom stereocenters. The highest BCUT2D eigenvalue weighted by molar-refractivity contribution is 7.91. The highest BCUT2D eigenvalue weighted by atomic mass is 32.2. The van der Waals surface area contributed by atoms with Crippen LogP contribution < -0.4 is 4.72 Å². The Balaban J connectivity index is 1.51. The third-order valence-electron chi connectivity index (χ3n) is 3.12. The van der Waals surface area contributed by atoms with E-state index < -0.39 is 10.0 Å². The normalized spacial score (nSPS) is 11.7. The summed E-state index contributed by atoms with van der Waals surface area (Å²) < 4.78 is 32.0. The SMILES string of the molecule is O=S(=O)(NCCCc1nc(-c2ccccc2)no1)c1cccs1. The van der Waals surface area contributed by atoms with Crippen LogP contribution >= 0.6 is 11.3 Å². The Morgan fingerprint density at radius 1 is 1.13 bits per heavy atom. The number of benzene rings is 1. The Labute approximate surface area is 138 Å². The highest BCUT2D eigenvalue weighted by Gasteiger charge is 2.14. The molecular weight excluding hydrogens is 334 g/mol. The maximum Gasteiger partial charge on any atom is 0.250 e. The molecule has 0 amide bonds. The number of hydrogen-bond acceptors (Lipinski definition) is 6. The molecule has 0 radical (unpaired) electrons. The smallest absolute Gasteiger partial charge is 0.250 e. The first kappa shape index (κ1) is 15.9. The maximum atomic E-state index is 11.9. The van der Waals surface area contributed by atoms with E-state index in [1.807, 2.05) is 30.3 Å². The minimum Gasteiger partial charge on any atom is -0.339 e. The lowest BCUT2D eigenvalue weighted by Gasteiger charge is -2.02. The summed E-state index contributed by atoms with van der Waals surface area (Å²) >= 11 is 1.19. The van der Waals surface area contributed by atoms with Gasteiger partial charge < -0.3 is 4.52 Å². The number of hydrogen-bond donors (Lipinski definition) is 1. The molecule has 3 aromatic rings. The van der Waals surface area contributed by atoms with Gasteiger partial charge in [0.1, 0.15) is 4.21 Å². The van der Waals surface area contributed by atoms with E-state index in [2.05, 4.69) is 14.9 Å². The summed E-state index contributed by atoms with van der Waals surface area (Å²) in [4.78, 5) is 4.31. The van der Waals surface area contributed by atoms with Gasteiger partial charge in [-0.25, -0.2) is 13.1 Å². The molecule has 2 heterocycles. The largest absolute Gasteiger partial charge is 0.339 e. The van der Waals surface area contributed by atoms with Crippen molar-refractivity contribution in [3.05, 3.63) is 53.7 Å². The topological polar surface area (TPSA) is 85.1 Å². The van der Waals surface area contributed by atoms with Crippen LogP contribution in [-0.4, -0.2) is 25.1 Å². The van der Waals surface area contributed by atoms with E-state index in [1.165, 1.54) is 11.3 Å². The Morgan fingerprint density at radius 3 is 2.70 bits per heavy atom. The lowest BCUT2D eigenvalue weighted by Crippen LogP contribution is -2.24. The molecule has 0 fully saturated rings. The lowest BCUT2D eigenvalue weighted by atomic mass is 10.2. The summed E-state index contributed by atoms with van der Waals surface area (Å²) in [5.74, 6) is 1.04. The number of sulfonamides is 1. The Bertz CT molecular complexity index is 843. The fraction of sp³-hybridized carbons (Fsp3) is 0.200. The van der Waals surface area contributed by atoms with Crippen molar-refractivity contribution in [3.63, 3.8) is 0 Å². The van der Waals surface area contributed by atoms with Crippen LogP contribution in [0.25, 0.3) is 11.4 Å². The molecule has 8 heteroatoms. The molecule has 0 aliphatic carbocycles. The molecule has 0 bridgehead atoms. The molecule has 0 aliphatic rings. The van der Waals surface area contributed by atoms with Gasteiger partial charge in [0.2, 0.25) is 21.7 Å². The first-order chi connectivity index (χ1) is 11.1. The zero-order valence-electron chi connectivity index (χ0n) is 12.2. The zero-order chi connectivity index (χ0) is 16.1. The molecule has 3 rings (SSSR count). The average Bonchev–Trinajstić information content (AvgIpc) is 3.24. The summed E-state index contributed by atoms with van der Waals surface area (Å²) in [6.45, 7) is 0.323. The maximum absolute atomic E-state index is 11.9. The van der Waals surface area contributed by atoms with Crippen molar-refractivity contribution < 1.29 is 12.9 Å². The molecule has 1 N–H and O–H groups in total. The van der Waals surface area contributed by atoms with Crippen LogP contribution in [0.5, 0.6) is 0 Å². The molecule has 1 aromatic carbocycles. The standard InChI is InChI=1S/C15H15N3O3S2/c19-23(20,14-9-5-11-22-14)16-10-4-8-13-17-15(18-21-13)12-6-2-1-3-7-12/h1-3,5-7,9,11,16H,4,8,10H2. The summed E-state index contributed by atoms with van der Waals surface area (Å²) in [7, 11) is -3.41. The van der Waals surface area contributed by atoms with Crippen molar-refractivity contribution in [2.24, 2.45) is 0 Å². The van der Waals surface area contributed by atoms with Crippen LogP contribution in [0.4, 0.5) is 0 Å². The van der Waals surface area contributed by atoms with E-state index >= 15 is 0 Å². The molecule has 2 aromatic heterocycles.